The lowest BCUT2D eigenvalue weighted by atomic mass is 10.0. The zero-order chi connectivity index (χ0) is 12.3. The fourth-order valence-electron chi connectivity index (χ4n) is 1.46. The fraction of sp³-hybridized carbons (Fsp3) is 0.538. The third-order valence-electron chi connectivity index (χ3n) is 2.39. The maximum atomic E-state index is 9.23. The third-order valence-corrected chi connectivity index (χ3v) is 3.25. The van der Waals surface area contributed by atoms with E-state index >= 15 is 0 Å². The lowest BCUT2D eigenvalue weighted by molar-refractivity contribution is 0.122. The molecule has 0 amide bonds. The maximum absolute atomic E-state index is 9.23. The maximum Gasteiger partial charge on any atom is 0.123 e. The van der Waals surface area contributed by atoms with Gasteiger partial charge in [0.25, 0.3) is 0 Å². The molecule has 0 aliphatic rings. The Morgan fingerprint density at radius 1 is 1.31 bits per heavy atom. The number of benzene rings is 1. The van der Waals surface area contributed by atoms with Gasteiger partial charge in [0.2, 0.25) is 0 Å². The molecular formula is C13H19BrO2. The van der Waals surface area contributed by atoms with Gasteiger partial charge in [0.1, 0.15) is 12.4 Å². The molecule has 16 heavy (non-hydrogen) atoms. The van der Waals surface area contributed by atoms with Crippen molar-refractivity contribution < 1.29 is 9.84 Å². The van der Waals surface area contributed by atoms with Crippen LogP contribution in [0.4, 0.5) is 0 Å². The first kappa shape index (κ1) is 13.5. The summed E-state index contributed by atoms with van der Waals surface area (Å²) in [6.07, 6.45) is -0.441. The predicted octanol–water partition coefficient (Wildman–Crippen LogP) is 3.64. The van der Waals surface area contributed by atoms with Crippen LogP contribution in [-0.2, 0) is 0 Å². The minimum Gasteiger partial charge on any atom is -0.491 e. The first-order valence-electron chi connectivity index (χ1n) is 5.52. The Morgan fingerprint density at radius 3 is 2.44 bits per heavy atom. The van der Waals surface area contributed by atoms with Gasteiger partial charge in [0.15, 0.2) is 0 Å². The third kappa shape index (κ3) is 3.49. The molecule has 0 saturated carbocycles. The van der Waals surface area contributed by atoms with Gasteiger partial charge in [-0.2, -0.15) is 0 Å². The quantitative estimate of drug-likeness (QED) is 0.916. The van der Waals surface area contributed by atoms with Gasteiger partial charge in [-0.1, -0.05) is 29.8 Å². The van der Waals surface area contributed by atoms with E-state index in [0.717, 1.165) is 21.3 Å². The molecule has 1 aromatic rings. The van der Waals surface area contributed by atoms with E-state index < -0.39 is 6.10 Å². The summed E-state index contributed by atoms with van der Waals surface area (Å²) in [5.74, 6) is 1.28. The van der Waals surface area contributed by atoms with Crippen LogP contribution in [0.3, 0.4) is 0 Å². The highest BCUT2D eigenvalue weighted by atomic mass is 79.9. The van der Waals surface area contributed by atoms with Gasteiger partial charge >= 0.3 is 0 Å². The van der Waals surface area contributed by atoms with Crippen molar-refractivity contribution in [2.24, 2.45) is 0 Å². The molecule has 0 radical (unpaired) electrons. The number of halogens is 1. The van der Waals surface area contributed by atoms with Gasteiger partial charge in [-0.15, -0.1) is 0 Å². The molecule has 1 aromatic carbocycles. The van der Waals surface area contributed by atoms with Gasteiger partial charge in [0, 0.05) is 4.47 Å². The van der Waals surface area contributed by atoms with E-state index in [2.05, 4.69) is 35.8 Å². The molecule has 1 atom stereocenters. The first-order chi connectivity index (χ1) is 7.41. The van der Waals surface area contributed by atoms with E-state index in [1.54, 1.807) is 6.92 Å². The molecule has 0 bridgehead atoms. The summed E-state index contributed by atoms with van der Waals surface area (Å²) in [7, 11) is 0. The van der Waals surface area contributed by atoms with Crippen molar-refractivity contribution in [2.45, 2.75) is 39.7 Å². The summed E-state index contributed by atoms with van der Waals surface area (Å²) in [4.78, 5) is 0. The monoisotopic (exact) mass is 286 g/mol. The van der Waals surface area contributed by atoms with Crippen molar-refractivity contribution in [3.8, 4) is 5.75 Å². The molecule has 0 heterocycles. The van der Waals surface area contributed by atoms with Gasteiger partial charge in [-0.05, 0) is 43.0 Å². The topological polar surface area (TPSA) is 29.5 Å². The highest BCUT2D eigenvalue weighted by Gasteiger charge is 2.11. The van der Waals surface area contributed by atoms with Crippen LogP contribution in [0.2, 0.25) is 0 Å². The Hall–Kier alpha value is -0.540. The highest BCUT2D eigenvalue weighted by molar-refractivity contribution is 9.10. The average Bonchev–Trinajstić information content (AvgIpc) is 2.18. The predicted molar refractivity (Wildman–Crippen MR) is 70.1 cm³/mol. The standard InChI is InChI=1S/C13H19BrO2/c1-8(2)11-6-12(14)9(3)5-13(11)16-7-10(4)15/h5-6,8,10,15H,7H2,1-4H3. The Kier molecular flexibility index (Phi) is 4.81. The highest BCUT2D eigenvalue weighted by Crippen LogP contribution is 2.32. The van der Waals surface area contributed by atoms with E-state index in [-0.39, 0.29) is 0 Å². The second-order valence-electron chi connectivity index (χ2n) is 4.45. The van der Waals surface area contributed by atoms with E-state index in [1.165, 1.54) is 0 Å². The van der Waals surface area contributed by atoms with Gasteiger partial charge in [0.05, 0.1) is 6.10 Å². The zero-order valence-corrected chi connectivity index (χ0v) is 11.8. The molecule has 0 aliphatic heterocycles. The van der Waals surface area contributed by atoms with Crippen LogP contribution in [0.15, 0.2) is 16.6 Å². The largest absolute Gasteiger partial charge is 0.491 e. The van der Waals surface area contributed by atoms with Crippen molar-refractivity contribution in [1.82, 2.24) is 0 Å². The van der Waals surface area contributed by atoms with Crippen LogP contribution in [0.25, 0.3) is 0 Å². The summed E-state index contributed by atoms with van der Waals surface area (Å²) >= 11 is 3.52. The minimum atomic E-state index is -0.441. The normalized spacial score (nSPS) is 12.9. The molecule has 0 aromatic heterocycles. The number of hydrogen-bond acceptors (Lipinski definition) is 2. The van der Waals surface area contributed by atoms with Crippen LogP contribution in [-0.4, -0.2) is 17.8 Å². The molecule has 3 heteroatoms. The van der Waals surface area contributed by atoms with Gasteiger partial charge < -0.3 is 9.84 Å². The summed E-state index contributed by atoms with van der Waals surface area (Å²) in [6, 6.07) is 4.11. The molecule has 1 N–H and O–H groups in total. The van der Waals surface area contributed by atoms with E-state index in [4.69, 9.17) is 4.74 Å². The zero-order valence-electron chi connectivity index (χ0n) is 10.2. The Morgan fingerprint density at radius 2 is 1.94 bits per heavy atom. The van der Waals surface area contributed by atoms with Crippen LogP contribution < -0.4 is 4.74 Å². The Labute approximate surface area is 106 Å². The molecule has 1 unspecified atom stereocenters. The van der Waals surface area contributed by atoms with Crippen molar-refractivity contribution >= 4 is 15.9 Å². The number of aliphatic hydroxyl groups is 1. The minimum absolute atomic E-state index is 0.334. The fourth-order valence-corrected chi connectivity index (χ4v) is 1.82. The first-order valence-corrected chi connectivity index (χ1v) is 6.32. The molecule has 0 aliphatic carbocycles. The summed E-state index contributed by atoms with van der Waals surface area (Å²) in [5, 5.41) is 9.23. The number of rotatable bonds is 4. The van der Waals surface area contributed by atoms with Crippen molar-refractivity contribution in [3.63, 3.8) is 0 Å². The van der Waals surface area contributed by atoms with Crippen molar-refractivity contribution in [2.75, 3.05) is 6.61 Å². The Bertz CT molecular complexity index is 359. The molecule has 1 rings (SSSR count). The molecule has 90 valence electrons. The second-order valence-corrected chi connectivity index (χ2v) is 5.31. The van der Waals surface area contributed by atoms with Crippen LogP contribution in [0, 0.1) is 6.92 Å². The SMILES string of the molecule is Cc1cc(OCC(C)O)c(C(C)C)cc1Br. The molecule has 0 spiro atoms. The molecule has 0 fully saturated rings. The van der Waals surface area contributed by atoms with Crippen LogP contribution >= 0.6 is 15.9 Å². The summed E-state index contributed by atoms with van der Waals surface area (Å²) < 4.78 is 6.72. The number of aliphatic hydroxyl groups excluding tert-OH is 1. The van der Waals surface area contributed by atoms with Crippen LogP contribution in [0.5, 0.6) is 5.75 Å². The van der Waals surface area contributed by atoms with Crippen molar-refractivity contribution in [1.29, 1.82) is 0 Å². The van der Waals surface area contributed by atoms with Gasteiger partial charge in [-0.3, -0.25) is 0 Å². The van der Waals surface area contributed by atoms with E-state index in [0.29, 0.717) is 12.5 Å². The second kappa shape index (κ2) is 5.69. The Balaban J connectivity index is 3.00. The number of ether oxygens (including phenoxy) is 1. The number of hydrogen-bond donors (Lipinski definition) is 1. The molecular weight excluding hydrogens is 268 g/mol. The van der Waals surface area contributed by atoms with E-state index in [1.807, 2.05) is 13.0 Å². The molecule has 0 saturated heterocycles. The van der Waals surface area contributed by atoms with Crippen LogP contribution in [0.1, 0.15) is 37.8 Å². The van der Waals surface area contributed by atoms with Crippen molar-refractivity contribution in [3.05, 3.63) is 27.7 Å². The summed E-state index contributed by atoms with van der Waals surface area (Å²) in [5.41, 5.74) is 2.31. The lowest BCUT2D eigenvalue weighted by Gasteiger charge is -2.16. The average molecular weight is 287 g/mol. The van der Waals surface area contributed by atoms with E-state index in [9.17, 15) is 5.11 Å². The smallest absolute Gasteiger partial charge is 0.123 e. The summed E-state index contributed by atoms with van der Waals surface area (Å²) in [6.45, 7) is 8.35. The van der Waals surface area contributed by atoms with Gasteiger partial charge in [-0.25, -0.2) is 0 Å². The molecule has 2 nitrogen and oxygen atoms in total. The lowest BCUT2D eigenvalue weighted by Crippen LogP contribution is -2.14. The number of aryl methyl sites for hydroxylation is 1.